The number of nitrogens with zero attached hydrogens (tertiary/aromatic N) is 2. The first-order valence-corrected chi connectivity index (χ1v) is 8.51. The molecule has 1 fully saturated rings. The van der Waals surface area contributed by atoms with Gasteiger partial charge in [-0.15, -0.1) is 0 Å². The second-order valence-electron chi connectivity index (χ2n) is 7.27. The van der Waals surface area contributed by atoms with Crippen molar-refractivity contribution < 1.29 is 9.53 Å². The molecule has 0 saturated carbocycles. The van der Waals surface area contributed by atoms with E-state index < -0.39 is 5.60 Å². The number of nitrogens with one attached hydrogen (secondary N) is 1. The van der Waals surface area contributed by atoms with Crippen LogP contribution >= 0.6 is 0 Å². The van der Waals surface area contributed by atoms with Gasteiger partial charge in [-0.05, 0) is 51.8 Å². The molecule has 0 bridgehead atoms. The minimum Gasteiger partial charge on any atom is -0.444 e. The summed E-state index contributed by atoms with van der Waals surface area (Å²) in [5.41, 5.74) is 0.559. The summed E-state index contributed by atoms with van der Waals surface area (Å²) in [5, 5.41) is 4.12. The molecule has 1 aromatic heterocycles. The third-order valence-corrected chi connectivity index (χ3v) is 4.12. The number of alkyl carbamates (subject to hydrolysis) is 1. The Bertz CT molecular complexity index is 716. The summed E-state index contributed by atoms with van der Waals surface area (Å²) in [5.74, 6) is 1.00. The van der Waals surface area contributed by atoms with Crippen LogP contribution in [0.4, 0.5) is 10.6 Å². The molecule has 0 atom stereocenters. The molecule has 1 amide bonds. The Labute approximate surface area is 143 Å². The van der Waals surface area contributed by atoms with Crippen LogP contribution < -0.4 is 10.2 Å². The van der Waals surface area contributed by atoms with E-state index in [0.717, 1.165) is 42.7 Å². The van der Waals surface area contributed by atoms with Crippen molar-refractivity contribution in [2.24, 2.45) is 0 Å². The number of benzene rings is 1. The average Bonchev–Trinajstić information content (AvgIpc) is 2.53. The molecule has 2 heterocycles. The molecule has 0 spiro atoms. The highest BCUT2D eigenvalue weighted by Gasteiger charge is 2.24. The molecule has 1 aromatic carbocycles. The molecule has 1 N–H and O–H groups in total. The maximum atomic E-state index is 11.9. The summed E-state index contributed by atoms with van der Waals surface area (Å²) in [6, 6.07) is 12.5. The smallest absolute Gasteiger partial charge is 0.407 e. The molecule has 1 aliphatic rings. The van der Waals surface area contributed by atoms with Crippen molar-refractivity contribution in [3.05, 3.63) is 36.4 Å². The van der Waals surface area contributed by atoms with E-state index in [0.29, 0.717) is 0 Å². The first kappa shape index (κ1) is 16.6. The molecular formula is C19H25N3O2. The van der Waals surface area contributed by atoms with Gasteiger partial charge in [-0.25, -0.2) is 9.78 Å². The van der Waals surface area contributed by atoms with Crippen molar-refractivity contribution in [3.63, 3.8) is 0 Å². The minimum absolute atomic E-state index is 0.163. The Morgan fingerprint density at radius 2 is 1.88 bits per heavy atom. The molecule has 1 aliphatic heterocycles. The third kappa shape index (κ3) is 4.16. The molecule has 5 nitrogen and oxygen atoms in total. The zero-order valence-corrected chi connectivity index (χ0v) is 14.6. The zero-order valence-electron chi connectivity index (χ0n) is 14.6. The van der Waals surface area contributed by atoms with Gasteiger partial charge in [0.2, 0.25) is 0 Å². The number of hydrogen-bond donors (Lipinski definition) is 1. The number of para-hydroxylation sites is 1. The van der Waals surface area contributed by atoms with Gasteiger partial charge in [-0.1, -0.05) is 18.2 Å². The van der Waals surface area contributed by atoms with Crippen molar-refractivity contribution in [1.29, 1.82) is 0 Å². The van der Waals surface area contributed by atoms with Crippen LogP contribution in [-0.2, 0) is 4.74 Å². The second kappa shape index (κ2) is 6.67. The van der Waals surface area contributed by atoms with Gasteiger partial charge < -0.3 is 15.0 Å². The molecule has 3 rings (SSSR count). The van der Waals surface area contributed by atoms with Crippen LogP contribution in [0.3, 0.4) is 0 Å². The first-order chi connectivity index (χ1) is 11.4. The van der Waals surface area contributed by atoms with Crippen LogP contribution in [0.2, 0.25) is 0 Å². The third-order valence-electron chi connectivity index (χ3n) is 4.12. The van der Waals surface area contributed by atoms with Gasteiger partial charge in [0, 0.05) is 24.5 Å². The van der Waals surface area contributed by atoms with Crippen LogP contribution in [0.15, 0.2) is 36.4 Å². The Kier molecular flexibility index (Phi) is 4.60. The van der Waals surface area contributed by atoms with E-state index in [-0.39, 0.29) is 12.1 Å². The lowest BCUT2D eigenvalue weighted by Crippen LogP contribution is -2.46. The number of fused-ring (bicyclic) bond motifs is 1. The minimum atomic E-state index is -0.459. The molecule has 2 aromatic rings. The predicted molar refractivity (Wildman–Crippen MR) is 96.3 cm³/mol. The van der Waals surface area contributed by atoms with E-state index in [1.54, 1.807) is 0 Å². The van der Waals surface area contributed by atoms with Gasteiger partial charge in [0.1, 0.15) is 11.4 Å². The summed E-state index contributed by atoms with van der Waals surface area (Å²) in [4.78, 5) is 18.9. The number of pyridine rings is 1. The number of aromatic nitrogens is 1. The molecule has 5 heteroatoms. The SMILES string of the molecule is CC(C)(C)OC(=O)NC1CCN(c2ccc3ccccc3n2)CC1. The van der Waals surface area contributed by atoms with Gasteiger partial charge in [0.25, 0.3) is 0 Å². The van der Waals surface area contributed by atoms with Crippen molar-refractivity contribution >= 4 is 22.8 Å². The van der Waals surface area contributed by atoms with Crippen molar-refractivity contribution in [2.75, 3.05) is 18.0 Å². The summed E-state index contributed by atoms with van der Waals surface area (Å²) < 4.78 is 5.32. The lowest BCUT2D eigenvalue weighted by molar-refractivity contribution is 0.0497. The number of carbonyl (C=O) groups excluding carboxylic acids is 1. The molecule has 1 saturated heterocycles. The van der Waals surface area contributed by atoms with Crippen molar-refractivity contribution in [2.45, 2.75) is 45.3 Å². The average molecular weight is 327 g/mol. The molecule has 128 valence electrons. The van der Waals surface area contributed by atoms with Gasteiger partial charge in [-0.2, -0.15) is 0 Å². The Hall–Kier alpha value is -2.30. The van der Waals surface area contributed by atoms with Crippen molar-refractivity contribution in [1.82, 2.24) is 10.3 Å². The number of anilines is 1. The fraction of sp³-hybridized carbons (Fsp3) is 0.474. The zero-order chi connectivity index (χ0) is 17.2. The van der Waals surface area contributed by atoms with Gasteiger partial charge in [0.15, 0.2) is 0 Å². The maximum Gasteiger partial charge on any atom is 0.407 e. The molecule has 0 radical (unpaired) electrons. The van der Waals surface area contributed by atoms with Crippen LogP contribution in [0.5, 0.6) is 0 Å². The first-order valence-electron chi connectivity index (χ1n) is 8.51. The quantitative estimate of drug-likeness (QED) is 0.913. The summed E-state index contributed by atoms with van der Waals surface area (Å²) in [6.45, 7) is 7.39. The monoisotopic (exact) mass is 327 g/mol. The van der Waals surface area contributed by atoms with Gasteiger partial charge in [-0.3, -0.25) is 0 Å². The molecular weight excluding hydrogens is 302 g/mol. The fourth-order valence-corrected chi connectivity index (χ4v) is 2.96. The van der Waals surface area contributed by atoms with Crippen molar-refractivity contribution in [3.8, 4) is 0 Å². The fourth-order valence-electron chi connectivity index (χ4n) is 2.96. The Balaban J connectivity index is 1.57. The Morgan fingerprint density at radius 1 is 1.17 bits per heavy atom. The normalized spacial score (nSPS) is 16.2. The van der Waals surface area contributed by atoms with Crippen LogP contribution in [0.25, 0.3) is 10.9 Å². The van der Waals surface area contributed by atoms with Crippen LogP contribution in [0, 0.1) is 0 Å². The largest absolute Gasteiger partial charge is 0.444 e. The Morgan fingerprint density at radius 3 is 2.58 bits per heavy atom. The predicted octanol–water partition coefficient (Wildman–Crippen LogP) is 3.73. The summed E-state index contributed by atoms with van der Waals surface area (Å²) in [7, 11) is 0. The molecule has 24 heavy (non-hydrogen) atoms. The van der Waals surface area contributed by atoms with Crippen LogP contribution in [0.1, 0.15) is 33.6 Å². The highest BCUT2D eigenvalue weighted by molar-refractivity contribution is 5.80. The lowest BCUT2D eigenvalue weighted by atomic mass is 10.1. The van der Waals surface area contributed by atoms with Gasteiger partial charge >= 0.3 is 6.09 Å². The van der Waals surface area contributed by atoms with E-state index in [9.17, 15) is 4.79 Å². The number of piperidine rings is 1. The summed E-state index contributed by atoms with van der Waals surface area (Å²) >= 11 is 0. The van der Waals surface area contributed by atoms with E-state index in [2.05, 4.69) is 28.4 Å². The van der Waals surface area contributed by atoms with E-state index in [4.69, 9.17) is 9.72 Å². The van der Waals surface area contributed by atoms with E-state index in [1.165, 1.54) is 0 Å². The maximum absolute atomic E-state index is 11.9. The van der Waals surface area contributed by atoms with Crippen LogP contribution in [-0.4, -0.2) is 35.8 Å². The molecule has 0 unspecified atom stereocenters. The second-order valence-corrected chi connectivity index (χ2v) is 7.27. The standard InChI is InChI=1S/C19H25N3O2/c1-19(2,3)24-18(23)20-15-10-12-22(13-11-15)17-9-8-14-6-4-5-7-16(14)21-17/h4-9,15H,10-13H2,1-3H3,(H,20,23). The number of carbonyl (C=O) groups is 1. The topological polar surface area (TPSA) is 54.5 Å². The highest BCUT2D eigenvalue weighted by atomic mass is 16.6. The molecule has 0 aliphatic carbocycles. The summed E-state index contributed by atoms with van der Waals surface area (Å²) in [6.07, 6.45) is 1.46. The van der Waals surface area contributed by atoms with E-state index >= 15 is 0 Å². The van der Waals surface area contributed by atoms with Gasteiger partial charge in [0.05, 0.1) is 5.52 Å². The number of rotatable bonds is 2. The highest BCUT2D eigenvalue weighted by Crippen LogP contribution is 2.21. The van der Waals surface area contributed by atoms with E-state index in [1.807, 2.05) is 39.0 Å². The lowest BCUT2D eigenvalue weighted by Gasteiger charge is -2.33. The number of hydrogen-bond acceptors (Lipinski definition) is 4. The number of ether oxygens (including phenoxy) is 1. The number of amides is 1.